The molecule has 0 saturated carbocycles. The van der Waals surface area contributed by atoms with Crippen LogP contribution in [0.1, 0.15) is 65.7 Å². The van der Waals surface area contributed by atoms with Gasteiger partial charge in [-0.25, -0.2) is 0 Å². The molecule has 1 aliphatic carbocycles. The number of hydrogen-bond donors (Lipinski definition) is 0. The summed E-state index contributed by atoms with van der Waals surface area (Å²) in [7, 11) is 0. The SMILES string of the molecule is CCC[CH2][Sn]([CH2]CCC)([CH2]CCC)[C]1=CC=C(C=O)C1. The topological polar surface area (TPSA) is 17.1 Å². The van der Waals surface area contributed by atoms with Crippen LogP contribution in [-0.4, -0.2) is 24.7 Å². The standard InChI is InChI=1S/C6H5O.3C4H9.Sn/c7-5-6-3-1-2-4-6;3*1-3-4-2;/h1,3,5H,4H2;3*1,3-4H2,2H3;. The number of carbonyl (C=O) groups excluding carboxylic acids is 1. The normalized spacial score (nSPS) is 15.2. The van der Waals surface area contributed by atoms with Crippen LogP contribution >= 0.6 is 0 Å². The molecule has 0 atom stereocenters. The Bertz CT molecular complexity index is 333. The first kappa shape index (κ1) is 18.0. The van der Waals surface area contributed by atoms with E-state index in [0.717, 1.165) is 18.3 Å². The molecule has 0 aromatic carbocycles. The van der Waals surface area contributed by atoms with Crippen molar-refractivity contribution in [1.82, 2.24) is 0 Å². The van der Waals surface area contributed by atoms with E-state index in [2.05, 4.69) is 32.9 Å². The van der Waals surface area contributed by atoms with Crippen LogP contribution in [0.25, 0.3) is 0 Å². The maximum absolute atomic E-state index is 11.0. The first-order valence-electron chi connectivity index (χ1n) is 8.57. The predicted molar refractivity (Wildman–Crippen MR) is 91.7 cm³/mol. The summed E-state index contributed by atoms with van der Waals surface area (Å²) in [5.41, 5.74) is 1.02. The Hall–Kier alpha value is -0.0513. The van der Waals surface area contributed by atoms with Crippen LogP contribution in [-0.2, 0) is 4.79 Å². The molecule has 2 heteroatoms. The summed E-state index contributed by atoms with van der Waals surface area (Å²) in [6, 6.07) is 0. The van der Waals surface area contributed by atoms with Crippen molar-refractivity contribution < 1.29 is 4.79 Å². The molecular formula is C18H32OSn. The molecule has 0 radical (unpaired) electrons. The molecule has 0 N–H and O–H groups in total. The third-order valence-electron chi connectivity index (χ3n) is 4.75. The van der Waals surface area contributed by atoms with Crippen LogP contribution in [0.4, 0.5) is 0 Å². The van der Waals surface area contributed by atoms with E-state index in [9.17, 15) is 4.79 Å². The summed E-state index contributed by atoms with van der Waals surface area (Å²) in [5.74, 6) is 0. The molecule has 0 saturated heterocycles. The van der Waals surface area contributed by atoms with Crippen molar-refractivity contribution in [3.63, 3.8) is 0 Å². The second-order valence-corrected chi connectivity index (χ2v) is 19.7. The molecule has 1 nitrogen and oxygen atoms in total. The molecule has 1 rings (SSSR count). The summed E-state index contributed by atoms with van der Waals surface area (Å²) < 4.78 is 6.28. The van der Waals surface area contributed by atoms with Crippen LogP contribution in [0.3, 0.4) is 0 Å². The number of allylic oxidation sites excluding steroid dienone is 4. The summed E-state index contributed by atoms with van der Waals surface area (Å²) in [6.45, 7) is 6.94. The Morgan fingerprint density at radius 3 is 1.80 bits per heavy atom. The van der Waals surface area contributed by atoms with Gasteiger partial charge < -0.3 is 0 Å². The summed E-state index contributed by atoms with van der Waals surface area (Å²) in [5, 5.41) is 0. The van der Waals surface area contributed by atoms with Crippen molar-refractivity contribution in [2.24, 2.45) is 0 Å². The maximum atomic E-state index is 11.0. The van der Waals surface area contributed by atoms with Crippen LogP contribution in [0.15, 0.2) is 21.3 Å². The van der Waals surface area contributed by atoms with E-state index < -0.39 is 18.4 Å². The zero-order valence-electron chi connectivity index (χ0n) is 13.7. The third-order valence-corrected chi connectivity index (χ3v) is 20.8. The zero-order valence-corrected chi connectivity index (χ0v) is 16.6. The van der Waals surface area contributed by atoms with Gasteiger partial charge >= 0.3 is 130 Å². The molecule has 0 spiro atoms. The Morgan fingerprint density at radius 1 is 0.950 bits per heavy atom. The van der Waals surface area contributed by atoms with E-state index in [4.69, 9.17) is 0 Å². The Balaban J connectivity index is 2.86. The molecule has 0 unspecified atom stereocenters. The number of unbranched alkanes of at least 4 members (excludes halogenated alkanes) is 3. The Morgan fingerprint density at radius 2 is 1.45 bits per heavy atom. The molecular weight excluding hydrogens is 351 g/mol. The van der Waals surface area contributed by atoms with Gasteiger partial charge in [0.25, 0.3) is 0 Å². The van der Waals surface area contributed by atoms with E-state index in [0.29, 0.717) is 0 Å². The van der Waals surface area contributed by atoms with Gasteiger partial charge in [0, 0.05) is 0 Å². The molecule has 0 aromatic heterocycles. The molecule has 114 valence electrons. The van der Waals surface area contributed by atoms with Gasteiger partial charge in [-0.2, -0.15) is 0 Å². The number of carbonyl (C=O) groups is 1. The van der Waals surface area contributed by atoms with Gasteiger partial charge in [-0.05, 0) is 0 Å². The average Bonchev–Trinajstić information content (AvgIpc) is 2.96. The van der Waals surface area contributed by atoms with Crippen LogP contribution in [0, 0.1) is 0 Å². The predicted octanol–water partition coefficient (Wildman–Crippen LogP) is 5.83. The number of hydrogen-bond acceptors (Lipinski definition) is 1. The van der Waals surface area contributed by atoms with Crippen LogP contribution in [0.5, 0.6) is 0 Å². The van der Waals surface area contributed by atoms with Gasteiger partial charge in [0.05, 0.1) is 0 Å². The van der Waals surface area contributed by atoms with Gasteiger partial charge in [-0.1, -0.05) is 0 Å². The van der Waals surface area contributed by atoms with Crippen LogP contribution in [0.2, 0.25) is 13.3 Å². The fourth-order valence-electron chi connectivity index (χ4n) is 3.39. The molecule has 0 amide bonds. The summed E-state index contributed by atoms with van der Waals surface area (Å²) >= 11 is -2.20. The van der Waals surface area contributed by atoms with Gasteiger partial charge in [0.1, 0.15) is 0 Å². The molecule has 20 heavy (non-hydrogen) atoms. The fraction of sp³-hybridized carbons (Fsp3) is 0.722. The van der Waals surface area contributed by atoms with Crippen molar-refractivity contribution in [1.29, 1.82) is 0 Å². The molecule has 0 heterocycles. The first-order chi connectivity index (χ1) is 9.72. The minimum absolute atomic E-state index is 0.997. The second-order valence-electron chi connectivity index (χ2n) is 6.32. The van der Waals surface area contributed by atoms with Crippen molar-refractivity contribution in [3.8, 4) is 0 Å². The molecule has 1 aliphatic rings. The monoisotopic (exact) mass is 384 g/mol. The zero-order chi connectivity index (χ0) is 14.8. The van der Waals surface area contributed by atoms with Gasteiger partial charge in [-0.3, -0.25) is 0 Å². The Kier molecular flexibility index (Phi) is 8.83. The number of rotatable bonds is 11. The van der Waals surface area contributed by atoms with Gasteiger partial charge in [0.2, 0.25) is 0 Å². The average molecular weight is 383 g/mol. The number of aldehydes is 1. The van der Waals surface area contributed by atoms with E-state index in [-0.39, 0.29) is 0 Å². The van der Waals surface area contributed by atoms with E-state index in [1.165, 1.54) is 51.8 Å². The molecule has 0 aliphatic heterocycles. The van der Waals surface area contributed by atoms with E-state index >= 15 is 0 Å². The quantitative estimate of drug-likeness (QED) is 0.324. The van der Waals surface area contributed by atoms with E-state index in [1.54, 1.807) is 3.59 Å². The first-order valence-corrected chi connectivity index (χ1v) is 16.1. The summed E-state index contributed by atoms with van der Waals surface area (Å²) in [4.78, 5) is 11.0. The van der Waals surface area contributed by atoms with E-state index in [1.807, 2.05) is 0 Å². The van der Waals surface area contributed by atoms with Crippen molar-refractivity contribution in [3.05, 3.63) is 21.3 Å². The minimum atomic E-state index is -2.20. The third kappa shape index (κ3) is 5.05. The summed E-state index contributed by atoms with van der Waals surface area (Å²) in [6.07, 6.45) is 14.7. The van der Waals surface area contributed by atoms with Gasteiger partial charge in [-0.15, -0.1) is 0 Å². The Labute approximate surface area is 129 Å². The molecule has 0 aromatic rings. The van der Waals surface area contributed by atoms with Crippen LogP contribution < -0.4 is 0 Å². The van der Waals surface area contributed by atoms with Gasteiger partial charge in [0.15, 0.2) is 0 Å². The fourth-order valence-corrected chi connectivity index (χ4v) is 20.0. The molecule has 0 bridgehead atoms. The van der Waals surface area contributed by atoms with Crippen molar-refractivity contribution in [2.45, 2.75) is 79.0 Å². The second kappa shape index (κ2) is 9.81. The molecule has 0 fully saturated rings. The van der Waals surface area contributed by atoms with Crippen molar-refractivity contribution in [2.75, 3.05) is 0 Å². The van der Waals surface area contributed by atoms with Crippen molar-refractivity contribution >= 4 is 24.7 Å².